The van der Waals surface area contributed by atoms with Gasteiger partial charge in [-0.3, -0.25) is 0 Å². The average molecular weight is 1060 g/mol. The minimum absolute atomic E-state index is 0.0853. The first kappa shape index (κ1) is 51.6. The molecule has 2 heterocycles. The number of nitrogens with zero attached hydrogens (tertiary/aromatic N) is 4. The number of carboxylic acids is 1. The minimum atomic E-state index is -1.08. The van der Waals surface area contributed by atoms with Crippen LogP contribution >= 0.6 is 27.5 Å². The number of carboxylic acid groups (broad SMARTS) is 1. The minimum Gasteiger partial charge on any atom is -0.477 e. The number of ether oxygens (including phenoxy) is 1. The number of halogens is 2. The Hall–Kier alpha value is -6.71. The normalized spacial score (nSPS) is 14.6. The van der Waals surface area contributed by atoms with Crippen molar-refractivity contribution in [1.29, 1.82) is 0 Å². The first-order valence-corrected chi connectivity index (χ1v) is 26.2. The van der Waals surface area contributed by atoms with Gasteiger partial charge in [0.25, 0.3) is 0 Å². The van der Waals surface area contributed by atoms with Gasteiger partial charge in [0, 0.05) is 75.7 Å². The van der Waals surface area contributed by atoms with E-state index in [0.717, 1.165) is 80.2 Å². The Kier molecular flexibility index (Phi) is 17.3. The summed E-state index contributed by atoms with van der Waals surface area (Å²) in [6.07, 6.45) is 14.3. The highest BCUT2D eigenvalue weighted by Crippen LogP contribution is 2.38. The molecule has 0 bridgehead atoms. The van der Waals surface area contributed by atoms with Gasteiger partial charge in [0.1, 0.15) is 11.4 Å². The molecule has 2 saturated carbocycles. The fourth-order valence-electron chi connectivity index (χ4n) is 9.98. The molecule has 2 aliphatic rings. The number of benzene rings is 4. The smallest absolute Gasteiger partial charge is 0.355 e. The van der Waals surface area contributed by atoms with Crippen LogP contribution < -0.4 is 31.1 Å². The van der Waals surface area contributed by atoms with Gasteiger partial charge in [-0.15, -0.1) is 0 Å². The highest BCUT2D eigenvalue weighted by Gasteiger charge is 2.29. The number of hydrogen-bond acceptors (Lipinski definition) is 7. The molecular weight excluding hydrogens is 996 g/mol. The van der Waals surface area contributed by atoms with Gasteiger partial charge in [0.15, 0.2) is 0 Å². The molecule has 0 aliphatic heterocycles. The molecule has 2 fully saturated rings. The van der Waals surface area contributed by atoms with E-state index >= 15 is 0 Å². The number of carbonyl (C=O) groups excluding carboxylic acids is 3. The second-order valence-corrected chi connectivity index (χ2v) is 20.7. The molecule has 6 aromatic rings. The lowest BCUT2D eigenvalue weighted by Crippen LogP contribution is -2.41. The summed E-state index contributed by atoms with van der Waals surface area (Å²) in [5.41, 5.74) is 5.72. The lowest BCUT2D eigenvalue weighted by Gasteiger charge is -2.39. The lowest BCUT2D eigenvalue weighted by molar-refractivity contribution is 0.0441. The third-order valence-corrected chi connectivity index (χ3v) is 14.1. The van der Waals surface area contributed by atoms with Gasteiger partial charge in [-0.05, 0) is 141 Å². The molecule has 2 aromatic heterocycles. The summed E-state index contributed by atoms with van der Waals surface area (Å²) >= 11 is 9.58. The molecule has 0 saturated heterocycles. The van der Waals surface area contributed by atoms with Crippen LogP contribution in [0.3, 0.4) is 0 Å². The van der Waals surface area contributed by atoms with Crippen molar-refractivity contribution < 1.29 is 29.0 Å². The standard InChI is InChI=1S/C56H64BrClN8O6/c1-37(2)34-65(43-12-6-4-7-13-43)49-28-27-46(33-47(49)61-55(70)59-41-22-18-39(57)19-23-41)64-31-11-17-52(64)54(69)72-36-38(3)35-66(44-14-8-5-9-15-44)50-29-26-45(63-30-10-16-51(63)53(67)68)32-48(50)62-56(71)60-42-24-20-40(58)21-25-42/h10-11,16-33,37-38,43-44H,4-9,12-15,34-36H2,1-3H3,(H,67,68)(H2,59,61,70)(H2,60,62,71). The number of aromatic carboxylic acids is 1. The van der Waals surface area contributed by atoms with Crippen LogP contribution in [0.15, 0.2) is 126 Å². The van der Waals surface area contributed by atoms with E-state index in [9.17, 15) is 24.3 Å². The third kappa shape index (κ3) is 13.2. The van der Waals surface area contributed by atoms with Crippen molar-refractivity contribution >= 4 is 85.7 Å². The van der Waals surface area contributed by atoms with Gasteiger partial charge in [-0.1, -0.05) is 86.8 Å². The summed E-state index contributed by atoms with van der Waals surface area (Å²) in [5.74, 6) is -1.33. The number of hydrogen-bond donors (Lipinski definition) is 5. The van der Waals surface area contributed by atoms with E-state index in [-0.39, 0.29) is 30.3 Å². The monoisotopic (exact) mass is 1060 g/mol. The maximum atomic E-state index is 14.2. The molecule has 0 radical (unpaired) electrons. The lowest BCUT2D eigenvalue weighted by atomic mass is 9.92. The van der Waals surface area contributed by atoms with Crippen LogP contribution in [0.2, 0.25) is 5.02 Å². The van der Waals surface area contributed by atoms with Gasteiger partial charge < -0.3 is 50.0 Å². The van der Waals surface area contributed by atoms with Crippen LogP contribution in [-0.2, 0) is 4.74 Å². The molecule has 8 rings (SSSR count). The molecule has 5 N–H and O–H groups in total. The molecular formula is C56H64BrClN8O6. The average Bonchev–Trinajstić information content (AvgIpc) is 4.08. The van der Waals surface area contributed by atoms with Crippen molar-refractivity contribution in [1.82, 2.24) is 9.13 Å². The number of nitrogens with one attached hydrogen (secondary N) is 4. The first-order valence-electron chi connectivity index (χ1n) is 25.0. The zero-order valence-electron chi connectivity index (χ0n) is 41.1. The van der Waals surface area contributed by atoms with Crippen molar-refractivity contribution in [2.45, 2.75) is 97.1 Å². The Morgan fingerprint density at radius 2 is 1.11 bits per heavy atom. The quantitative estimate of drug-likeness (QED) is 0.0532. The van der Waals surface area contributed by atoms with E-state index in [1.54, 1.807) is 57.8 Å². The SMILES string of the molecule is CC(C)CN(c1ccc(-n2cccc2C(=O)OCC(C)CN(c2ccc(-n3cccc3C(=O)O)cc2NC(=O)Nc2ccc(Cl)cc2)C2CCCCC2)cc1NC(=O)Nc1ccc(Br)cc1)C1CCCCC1. The molecule has 2 aliphatic carbocycles. The number of amides is 4. The second kappa shape index (κ2) is 24.1. The molecule has 4 aromatic carbocycles. The number of anilines is 6. The van der Waals surface area contributed by atoms with Crippen molar-refractivity contribution in [3.8, 4) is 11.4 Å². The van der Waals surface area contributed by atoms with Crippen LogP contribution in [0.1, 0.15) is 106 Å². The predicted octanol–water partition coefficient (Wildman–Crippen LogP) is 14.1. The van der Waals surface area contributed by atoms with Gasteiger partial charge >= 0.3 is 24.0 Å². The van der Waals surface area contributed by atoms with Crippen LogP contribution in [0, 0.1) is 11.8 Å². The Balaban J connectivity index is 1.04. The van der Waals surface area contributed by atoms with E-state index in [0.29, 0.717) is 63.3 Å². The van der Waals surface area contributed by atoms with E-state index in [2.05, 4.69) is 66.9 Å². The molecule has 1 unspecified atom stereocenters. The zero-order chi connectivity index (χ0) is 50.7. The fraction of sp³-hybridized carbons (Fsp3) is 0.357. The Bertz CT molecular complexity index is 2820. The summed E-state index contributed by atoms with van der Waals surface area (Å²) in [6, 6.07) is 32.2. The number of carbonyl (C=O) groups is 4. The maximum absolute atomic E-state index is 14.2. The first-order chi connectivity index (χ1) is 34.8. The zero-order valence-corrected chi connectivity index (χ0v) is 43.4. The molecule has 1 atom stereocenters. The Labute approximate surface area is 435 Å². The van der Waals surface area contributed by atoms with Crippen molar-refractivity contribution in [3.63, 3.8) is 0 Å². The van der Waals surface area contributed by atoms with Crippen molar-refractivity contribution in [2.75, 3.05) is 50.8 Å². The summed E-state index contributed by atoms with van der Waals surface area (Å²) in [7, 11) is 0. The number of esters is 1. The molecule has 16 heteroatoms. The van der Waals surface area contributed by atoms with Crippen LogP contribution in [0.4, 0.5) is 43.7 Å². The van der Waals surface area contributed by atoms with Gasteiger partial charge in [-0.2, -0.15) is 0 Å². The van der Waals surface area contributed by atoms with Gasteiger partial charge in [0.05, 0.1) is 29.4 Å². The predicted molar refractivity (Wildman–Crippen MR) is 292 cm³/mol. The topological polar surface area (TPSA) is 162 Å². The molecule has 0 spiro atoms. The molecule has 4 amide bonds. The number of rotatable bonds is 18. The Morgan fingerprint density at radius 1 is 0.639 bits per heavy atom. The summed E-state index contributed by atoms with van der Waals surface area (Å²) in [5, 5.41) is 22.6. The summed E-state index contributed by atoms with van der Waals surface area (Å²) in [4.78, 5) is 58.4. The fourth-order valence-corrected chi connectivity index (χ4v) is 10.4. The summed E-state index contributed by atoms with van der Waals surface area (Å²) < 4.78 is 10.4. The van der Waals surface area contributed by atoms with Crippen molar-refractivity contribution in [2.24, 2.45) is 11.8 Å². The highest BCUT2D eigenvalue weighted by molar-refractivity contribution is 9.10. The van der Waals surface area contributed by atoms with Crippen LogP contribution in [0.25, 0.3) is 11.4 Å². The van der Waals surface area contributed by atoms with Gasteiger partial charge in [-0.25, -0.2) is 19.2 Å². The number of aromatic nitrogens is 2. The van der Waals surface area contributed by atoms with E-state index in [4.69, 9.17) is 16.3 Å². The van der Waals surface area contributed by atoms with E-state index < -0.39 is 18.0 Å². The largest absolute Gasteiger partial charge is 0.477 e. The number of urea groups is 2. The summed E-state index contributed by atoms with van der Waals surface area (Å²) in [6.45, 7) is 7.92. The van der Waals surface area contributed by atoms with E-state index in [1.165, 1.54) is 12.5 Å². The Morgan fingerprint density at radius 3 is 1.61 bits per heavy atom. The molecule has 72 heavy (non-hydrogen) atoms. The molecule has 14 nitrogen and oxygen atoms in total. The third-order valence-electron chi connectivity index (χ3n) is 13.4. The maximum Gasteiger partial charge on any atom is 0.355 e. The highest BCUT2D eigenvalue weighted by atomic mass is 79.9. The van der Waals surface area contributed by atoms with Crippen LogP contribution in [-0.4, -0.2) is 70.0 Å². The van der Waals surface area contributed by atoms with Crippen LogP contribution in [0.5, 0.6) is 0 Å². The van der Waals surface area contributed by atoms with Crippen molar-refractivity contribution in [3.05, 3.63) is 142 Å². The molecule has 378 valence electrons. The van der Waals surface area contributed by atoms with Gasteiger partial charge in [0.2, 0.25) is 0 Å². The van der Waals surface area contributed by atoms with E-state index in [1.807, 2.05) is 67.7 Å². The second-order valence-electron chi connectivity index (χ2n) is 19.4.